The van der Waals surface area contributed by atoms with Crippen LogP contribution in [-0.2, 0) is 20.8 Å². The van der Waals surface area contributed by atoms with E-state index in [2.05, 4.69) is 10.6 Å². The fourth-order valence-corrected chi connectivity index (χ4v) is 3.27. The highest BCUT2D eigenvalue weighted by molar-refractivity contribution is 6.39. The van der Waals surface area contributed by atoms with Crippen LogP contribution in [0.1, 0.15) is 30.4 Å². The Bertz CT molecular complexity index is 865. The first-order valence-electron chi connectivity index (χ1n) is 9.59. The standard InChI is InChI=1S/C22H25N3O3/c1-16-10-11-18(15-19(16)25-14-6-5-9-20(25)26)24-22(28)21(27)23-13-12-17-7-3-2-4-8-17/h2-4,7-8,10-11,15H,5-6,9,12-14H2,1H3,(H,23,27)(H,24,28). The maximum atomic E-state index is 12.2. The Morgan fingerprint density at radius 2 is 1.82 bits per heavy atom. The third-order valence-corrected chi connectivity index (χ3v) is 4.83. The first-order chi connectivity index (χ1) is 13.5. The maximum absolute atomic E-state index is 12.2. The van der Waals surface area contributed by atoms with Crippen molar-refractivity contribution in [2.24, 2.45) is 0 Å². The molecule has 3 rings (SSSR count). The van der Waals surface area contributed by atoms with E-state index in [1.54, 1.807) is 17.0 Å². The molecular formula is C22H25N3O3. The van der Waals surface area contributed by atoms with Crippen LogP contribution in [0.3, 0.4) is 0 Å². The van der Waals surface area contributed by atoms with Crippen LogP contribution in [0.15, 0.2) is 48.5 Å². The first kappa shape index (κ1) is 19.6. The Morgan fingerprint density at radius 1 is 1.04 bits per heavy atom. The molecule has 1 aliphatic rings. The molecule has 2 aromatic rings. The Labute approximate surface area is 164 Å². The van der Waals surface area contributed by atoms with Gasteiger partial charge >= 0.3 is 11.8 Å². The number of anilines is 2. The lowest BCUT2D eigenvalue weighted by Gasteiger charge is -2.28. The number of hydrogen-bond donors (Lipinski definition) is 2. The number of amides is 3. The summed E-state index contributed by atoms with van der Waals surface area (Å²) in [5.41, 5.74) is 3.34. The third kappa shape index (κ3) is 4.97. The van der Waals surface area contributed by atoms with Gasteiger partial charge in [-0.1, -0.05) is 36.4 Å². The number of carbonyl (C=O) groups excluding carboxylic acids is 3. The van der Waals surface area contributed by atoms with Gasteiger partial charge in [0.2, 0.25) is 5.91 Å². The van der Waals surface area contributed by atoms with Crippen LogP contribution in [0.25, 0.3) is 0 Å². The van der Waals surface area contributed by atoms with Gasteiger partial charge in [0.05, 0.1) is 0 Å². The molecule has 0 atom stereocenters. The lowest BCUT2D eigenvalue weighted by molar-refractivity contribution is -0.136. The van der Waals surface area contributed by atoms with Gasteiger partial charge in [0.15, 0.2) is 0 Å². The van der Waals surface area contributed by atoms with Crippen LogP contribution in [0.4, 0.5) is 11.4 Å². The Morgan fingerprint density at radius 3 is 2.57 bits per heavy atom. The van der Waals surface area contributed by atoms with Crippen molar-refractivity contribution in [2.45, 2.75) is 32.6 Å². The zero-order valence-corrected chi connectivity index (χ0v) is 16.0. The highest BCUT2D eigenvalue weighted by Crippen LogP contribution is 2.27. The second kappa shape index (κ2) is 9.17. The highest BCUT2D eigenvalue weighted by Gasteiger charge is 2.22. The molecule has 28 heavy (non-hydrogen) atoms. The van der Waals surface area contributed by atoms with Gasteiger partial charge in [0.1, 0.15) is 0 Å². The monoisotopic (exact) mass is 379 g/mol. The van der Waals surface area contributed by atoms with Gasteiger partial charge in [-0.25, -0.2) is 0 Å². The molecule has 0 saturated carbocycles. The minimum atomic E-state index is -0.715. The second-order valence-electron chi connectivity index (χ2n) is 6.95. The Balaban J connectivity index is 1.58. The van der Waals surface area contributed by atoms with Crippen molar-refractivity contribution in [1.82, 2.24) is 5.32 Å². The summed E-state index contributed by atoms with van der Waals surface area (Å²) in [6.45, 7) is 2.99. The molecule has 0 radical (unpaired) electrons. The van der Waals surface area contributed by atoms with Gasteiger partial charge in [-0.05, 0) is 49.4 Å². The summed E-state index contributed by atoms with van der Waals surface area (Å²) >= 11 is 0. The molecule has 146 valence electrons. The number of piperidine rings is 1. The van der Waals surface area contributed by atoms with E-state index in [9.17, 15) is 14.4 Å². The summed E-state index contributed by atoms with van der Waals surface area (Å²) in [5.74, 6) is -1.29. The van der Waals surface area contributed by atoms with Gasteiger partial charge in [-0.2, -0.15) is 0 Å². The van der Waals surface area contributed by atoms with Crippen molar-refractivity contribution in [2.75, 3.05) is 23.3 Å². The molecule has 6 nitrogen and oxygen atoms in total. The van der Waals surface area contributed by atoms with E-state index in [4.69, 9.17) is 0 Å². The summed E-state index contributed by atoms with van der Waals surface area (Å²) in [6.07, 6.45) is 3.07. The molecule has 2 aromatic carbocycles. The smallest absolute Gasteiger partial charge is 0.313 e. The number of hydrogen-bond acceptors (Lipinski definition) is 3. The molecule has 0 aromatic heterocycles. The normalized spacial score (nSPS) is 13.9. The van der Waals surface area contributed by atoms with Crippen molar-refractivity contribution in [3.8, 4) is 0 Å². The zero-order valence-electron chi connectivity index (χ0n) is 16.0. The predicted octanol–water partition coefficient (Wildman–Crippen LogP) is 2.81. The van der Waals surface area contributed by atoms with Crippen molar-refractivity contribution in [3.63, 3.8) is 0 Å². The van der Waals surface area contributed by atoms with Crippen LogP contribution >= 0.6 is 0 Å². The third-order valence-electron chi connectivity index (χ3n) is 4.83. The van der Waals surface area contributed by atoms with Crippen LogP contribution in [-0.4, -0.2) is 30.8 Å². The largest absolute Gasteiger partial charge is 0.347 e. The number of benzene rings is 2. The van der Waals surface area contributed by atoms with Crippen molar-refractivity contribution in [3.05, 3.63) is 59.7 Å². The van der Waals surface area contributed by atoms with Gasteiger partial charge in [-0.15, -0.1) is 0 Å². The quantitative estimate of drug-likeness (QED) is 0.784. The number of carbonyl (C=O) groups is 3. The van der Waals surface area contributed by atoms with Gasteiger partial charge < -0.3 is 15.5 Å². The fourth-order valence-electron chi connectivity index (χ4n) is 3.27. The van der Waals surface area contributed by atoms with Crippen LogP contribution in [0, 0.1) is 6.92 Å². The summed E-state index contributed by atoms with van der Waals surface area (Å²) in [7, 11) is 0. The average Bonchev–Trinajstić information content (AvgIpc) is 2.70. The van der Waals surface area contributed by atoms with Crippen molar-refractivity contribution >= 4 is 29.1 Å². The van der Waals surface area contributed by atoms with E-state index in [0.29, 0.717) is 31.6 Å². The number of nitrogens with zero attached hydrogens (tertiary/aromatic N) is 1. The van der Waals surface area contributed by atoms with E-state index in [1.165, 1.54) is 0 Å². The molecule has 1 fully saturated rings. The van der Waals surface area contributed by atoms with E-state index in [0.717, 1.165) is 29.7 Å². The van der Waals surface area contributed by atoms with Crippen LogP contribution in [0.5, 0.6) is 0 Å². The number of rotatable bonds is 5. The Kier molecular flexibility index (Phi) is 6.42. The molecule has 0 aliphatic carbocycles. The topological polar surface area (TPSA) is 78.5 Å². The molecule has 0 spiro atoms. The Hall–Kier alpha value is -3.15. The number of aryl methyl sites for hydroxylation is 1. The van der Waals surface area contributed by atoms with Gasteiger partial charge in [0, 0.05) is 30.9 Å². The molecular weight excluding hydrogens is 354 g/mol. The first-order valence-corrected chi connectivity index (χ1v) is 9.59. The molecule has 2 N–H and O–H groups in total. The summed E-state index contributed by atoms with van der Waals surface area (Å²) < 4.78 is 0. The lowest BCUT2D eigenvalue weighted by Crippen LogP contribution is -2.37. The van der Waals surface area contributed by atoms with E-state index >= 15 is 0 Å². The van der Waals surface area contributed by atoms with Gasteiger partial charge in [-0.3, -0.25) is 14.4 Å². The lowest BCUT2D eigenvalue weighted by atomic mass is 10.1. The van der Waals surface area contributed by atoms with Crippen LogP contribution < -0.4 is 15.5 Å². The SMILES string of the molecule is Cc1ccc(NC(=O)C(=O)NCCc2ccccc2)cc1N1CCCCC1=O. The molecule has 6 heteroatoms. The zero-order chi connectivity index (χ0) is 19.9. The summed E-state index contributed by atoms with van der Waals surface area (Å²) in [5, 5.41) is 5.26. The fraction of sp³-hybridized carbons (Fsp3) is 0.318. The van der Waals surface area contributed by atoms with Crippen molar-refractivity contribution < 1.29 is 14.4 Å². The minimum Gasteiger partial charge on any atom is -0.347 e. The summed E-state index contributed by atoms with van der Waals surface area (Å²) in [4.78, 5) is 38.2. The van der Waals surface area contributed by atoms with Crippen molar-refractivity contribution in [1.29, 1.82) is 0 Å². The van der Waals surface area contributed by atoms with E-state index < -0.39 is 11.8 Å². The molecule has 1 saturated heterocycles. The van der Waals surface area contributed by atoms with Crippen LogP contribution in [0.2, 0.25) is 0 Å². The molecule has 1 heterocycles. The van der Waals surface area contributed by atoms with Gasteiger partial charge in [0.25, 0.3) is 0 Å². The molecule has 1 aliphatic heterocycles. The molecule has 3 amide bonds. The predicted molar refractivity (Wildman–Crippen MR) is 109 cm³/mol. The summed E-state index contributed by atoms with van der Waals surface area (Å²) in [6, 6.07) is 15.1. The van der Waals surface area contributed by atoms with E-state index in [-0.39, 0.29) is 5.91 Å². The highest BCUT2D eigenvalue weighted by atomic mass is 16.2. The molecule has 0 bridgehead atoms. The molecule has 0 unspecified atom stereocenters. The maximum Gasteiger partial charge on any atom is 0.313 e. The average molecular weight is 379 g/mol. The second-order valence-corrected chi connectivity index (χ2v) is 6.95. The van der Waals surface area contributed by atoms with E-state index in [1.807, 2.05) is 43.3 Å². The number of nitrogens with one attached hydrogen (secondary N) is 2. The minimum absolute atomic E-state index is 0.0940.